The van der Waals surface area contributed by atoms with Crippen LogP contribution in [-0.4, -0.2) is 35.8 Å². The van der Waals surface area contributed by atoms with Crippen molar-refractivity contribution in [3.8, 4) is 17.3 Å². The average Bonchev–Trinajstić information content (AvgIpc) is 2.73. The Morgan fingerprint density at radius 2 is 1.97 bits per heavy atom. The fourth-order valence-corrected chi connectivity index (χ4v) is 3.26. The molecular formula is C19H14N6O5S. The van der Waals surface area contributed by atoms with Crippen molar-refractivity contribution in [1.29, 1.82) is 5.26 Å². The lowest BCUT2D eigenvalue weighted by atomic mass is 10.1. The molecule has 1 heterocycles. The number of nitrogens with one attached hydrogen (secondary N) is 2. The molecule has 31 heavy (non-hydrogen) atoms. The zero-order valence-corrected chi connectivity index (χ0v) is 16.8. The number of nitrogens with zero attached hydrogens (tertiary/aromatic N) is 4. The number of nitro benzene ring substituents is 1. The zero-order valence-electron chi connectivity index (χ0n) is 15.9. The second-order valence-electron chi connectivity index (χ2n) is 6.24. The van der Waals surface area contributed by atoms with Crippen LogP contribution in [0, 0.1) is 21.4 Å². The highest BCUT2D eigenvalue weighted by Gasteiger charge is 2.18. The summed E-state index contributed by atoms with van der Waals surface area (Å²) in [7, 11) is -3.62. The van der Waals surface area contributed by atoms with E-state index in [9.17, 15) is 28.6 Å². The molecule has 2 N–H and O–H groups in total. The number of rotatable bonds is 6. The second kappa shape index (κ2) is 8.56. The molecule has 0 aliphatic rings. The van der Waals surface area contributed by atoms with E-state index in [0.717, 1.165) is 18.5 Å². The minimum absolute atomic E-state index is 0.0316. The number of anilines is 1. The van der Waals surface area contributed by atoms with E-state index in [1.807, 2.05) is 6.07 Å². The maximum Gasteiger partial charge on any atom is 0.279 e. The highest BCUT2D eigenvalue weighted by molar-refractivity contribution is 7.90. The van der Waals surface area contributed by atoms with Gasteiger partial charge in [-0.05, 0) is 12.1 Å². The van der Waals surface area contributed by atoms with Gasteiger partial charge in [-0.1, -0.05) is 30.3 Å². The van der Waals surface area contributed by atoms with E-state index < -0.39 is 26.0 Å². The van der Waals surface area contributed by atoms with Crippen LogP contribution in [0.2, 0.25) is 0 Å². The van der Waals surface area contributed by atoms with Gasteiger partial charge in [-0.2, -0.15) is 10.4 Å². The minimum atomic E-state index is -3.62. The van der Waals surface area contributed by atoms with Crippen molar-refractivity contribution in [2.24, 2.45) is 5.10 Å². The maximum atomic E-state index is 12.2. The Labute approximate surface area is 175 Å². The number of hydrazone groups is 1. The van der Waals surface area contributed by atoms with E-state index in [0.29, 0.717) is 5.56 Å². The van der Waals surface area contributed by atoms with Gasteiger partial charge in [0.05, 0.1) is 27.3 Å². The van der Waals surface area contributed by atoms with Crippen molar-refractivity contribution in [2.45, 2.75) is 4.90 Å². The van der Waals surface area contributed by atoms with Gasteiger partial charge in [-0.3, -0.25) is 19.9 Å². The molecule has 2 aromatic carbocycles. The number of aromatic nitrogens is 2. The van der Waals surface area contributed by atoms with Crippen molar-refractivity contribution in [3.05, 3.63) is 80.1 Å². The first kappa shape index (κ1) is 21.3. The molecule has 12 heteroatoms. The Morgan fingerprint density at radius 1 is 1.26 bits per heavy atom. The molecule has 0 radical (unpaired) electrons. The van der Waals surface area contributed by atoms with Gasteiger partial charge < -0.3 is 0 Å². The molecule has 1 aromatic heterocycles. The predicted molar refractivity (Wildman–Crippen MR) is 112 cm³/mol. The van der Waals surface area contributed by atoms with Crippen LogP contribution in [-0.2, 0) is 9.84 Å². The lowest BCUT2D eigenvalue weighted by Crippen LogP contribution is -2.16. The molecule has 0 atom stereocenters. The van der Waals surface area contributed by atoms with Gasteiger partial charge in [0, 0.05) is 17.9 Å². The van der Waals surface area contributed by atoms with E-state index in [1.165, 1.54) is 12.1 Å². The van der Waals surface area contributed by atoms with Crippen LogP contribution in [0.15, 0.2) is 63.3 Å². The third-order valence-electron chi connectivity index (χ3n) is 4.08. The largest absolute Gasteiger partial charge is 0.290 e. The molecule has 0 spiro atoms. The number of sulfone groups is 1. The Balaban J connectivity index is 1.95. The molecule has 0 bridgehead atoms. The van der Waals surface area contributed by atoms with E-state index in [2.05, 4.69) is 20.5 Å². The molecule has 156 valence electrons. The Hall–Kier alpha value is -4.37. The highest BCUT2D eigenvalue weighted by Crippen LogP contribution is 2.22. The van der Waals surface area contributed by atoms with E-state index >= 15 is 0 Å². The van der Waals surface area contributed by atoms with E-state index in [-0.39, 0.29) is 27.7 Å². The summed E-state index contributed by atoms with van der Waals surface area (Å²) in [6, 6.07) is 13.8. The Kier molecular flexibility index (Phi) is 5.89. The van der Waals surface area contributed by atoms with Gasteiger partial charge in [-0.15, -0.1) is 0 Å². The molecule has 3 rings (SSSR count). The summed E-state index contributed by atoms with van der Waals surface area (Å²) in [5.41, 5.74) is 1.87. The number of nitriles is 1. The second-order valence-corrected chi connectivity index (χ2v) is 8.25. The molecule has 0 unspecified atom stereocenters. The monoisotopic (exact) mass is 438 g/mol. The Morgan fingerprint density at radius 3 is 2.58 bits per heavy atom. The van der Waals surface area contributed by atoms with Gasteiger partial charge in [-0.25, -0.2) is 18.8 Å². The molecular weight excluding hydrogens is 424 g/mol. The number of H-pyrrole nitrogens is 1. The van der Waals surface area contributed by atoms with E-state index in [1.54, 1.807) is 30.3 Å². The highest BCUT2D eigenvalue weighted by atomic mass is 32.2. The maximum absolute atomic E-state index is 12.2. The smallest absolute Gasteiger partial charge is 0.279 e. The lowest BCUT2D eigenvalue weighted by Gasteiger charge is -2.06. The summed E-state index contributed by atoms with van der Waals surface area (Å²) in [6.07, 6.45) is 2.03. The SMILES string of the molecule is CS(=O)(=O)c1ccc(C=NNc2nc(-c3ccccc3)c(C#N)c(=O)[nH]2)c([N+](=O)[O-])c1. The molecule has 0 aliphatic heterocycles. The number of hydrogen-bond donors (Lipinski definition) is 2. The summed E-state index contributed by atoms with van der Waals surface area (Å²) in [5, 5.41) is 24.4. The Bertz CT molecular complexity index is 1390. The van der Waals surface area contributed by atoms with Crippen molar-refractivity contribution in [2.75, 3.05) is 11.7 Å². The fraction of sp³-hybridized carbons (Fsp3) is 0.0526. The molecule has 0 saturated carbocycles. The fourth-order valence-electron chi connectivity index (χ4n) is 2.62. The first-order chi connectivity index (χ1) is 14.7. The first-order valence-corrected chi connectivity index (χ1v) is 10.5. The third kappa shape index (κ3) is 4.80. The number of benzene rings is 2. The number of aromatic amines is 1. The summed E-state index contributed by atoms with van der Waals surface area (Å²) >= 11 is 0. The lowest BCUT2D eigenvalue weighted by molar-refractivity contribution is -0.385. The zero-order chi connectivity index (χ0) is 22.6. The van der Waals surface area contributed by atoms with Crippen LogP contribution in [0.25, 0.3) is 11.3 Å². The topological polar surface area (TPSA) is 171 Å². The summed E-state index contributed by atoms with van der Waals surface area (Å²) in [5.74, 6) is -0.0884. The van der Waals surface area contributed by atoms with Crippen molar-refractivity contribution < 1.29 is 13.3 Å². The molecule has 0 aliphatic carbocycles. The molecule has 11 nitrogen and oxygen atoms in total. The molecule has 0 fully saturated rings. The quantitative estimate of drug-likeness (QED) is 0.334. The minimum Gasteiger partial charge on any atom is -0.290 e. The third-order valence-corrected chi connectivity index (χ3v) is 5.19. The van der Waals surface area contributed by atoms with Gasteiger partial charge in [0.15, 0.2) is 9.84 Å². The van der Waals surface area contributed by atoms with Crippen molar-refractivity contribution in [3.63, 3.8) is 0 Å². The van der Waals surface area contributed by atoms with Crippen LogP contribution in [0.5, 0.6) is 0 Å². The average molecular weight is 438 g/mol. The van der Waals surface area contributed by atoms with Gasteiger partial charge >= 0.3 is 0 Å². The number of hydrogen-bond acceptors (Lipinski definition) is 9. The normalized spacial score (nSPS) is 11.2. The van der Waals surface area contributed by atoms with Crippen LogP contribution in [0.4, 0.5) is 11.6 Å². The predicted octanol–water partition coefficient (Wildman–Crippen LogP) is 2.07. The standard InChI is InChI=1S/C19H14N6O5S/c1-31(29,30)14-8-7-13(16(9-14)25(27)28)11-21-24-19-22-17(12-5-3-2-4-6-12)15(10-20)18(26)23-19/h2-9,11H,1H3,(H2,22,23,24,26). The van der Waals surface area contributed by atoms with Crippen LogP contribution < -0.4 is 11.0 Å². The van der Waals surface area contributed by atoms with Crippen molar-refractivity contribution in [1.82, 2.24) is 9.97 Å². The first-order valence-electron chi connectivity index (χ1n) is 8.58. The summed E-state index contributed by atoms with van der Waals surface area (Å²) in [4.78, 5) is 29.1. The van der Waals surface area contributed by atoms with Gasteiger partial charge in [0.2, 0.25) is 5.95 Å². The van der Waals surface area contributed by atoms with E-state index in [4.69, 9.17) is 0 Å². The van der Waals surface area contributed by atoms with Gasteiger partial charge in [0.25, 0.3) is 11.2 Å². The molecule has 3 aromatic rings. The van der Waals surface area contributed by atoms with Crippen LogP contribution in [0.1, 0.15) is 11.1 Å². The molecule has 0 saturated heterocycles. The van der Waals surface area contributed by atoms with Crippen LogP contribution >= 0.6 is 0 Å². The summed E-state index contributed by atoms with van der Waals surface area (Å²) in [6.45, 7) is 0. The number of nitro groups is 1. The van der Waals surface area contributed by atoms with Gasteiger partial charge in [0.1, 0.15) is 11.6 Å². The molecule has 0 amide bonds. The van der Waals surface area contributed by atoms with Crippen LogP contribution in [0.3, 0.4) is 0 Å². The van der Waals surface area contributed by atoms with Crippen molar-refractivity contribution >= 4 is 27.7 Å². The summed E-state index contributed by atoms with van der Waals surface area (Å²) < 4.78 is 23.2.